The summed E-state index contributed by atoms with van der Waals surface area (Å²) in [6.45, 7) is 4.07. The van der Waals surface area contributed by atoms with E-state index in [2.05, 4.69) is 40.5 Å². The third-order valence-electron chi connectivity index (χ3n) is 4.94. The molecular weight excluding hydrogens is 248 g/mol. The largest absolute Gasteiger partial charge is 0.383 e. The van der Waals surface area contributed by atoms with E-state index in [1.165, 1.54) is 31.2 Å². The van der Waals surface area contributed by atoms with Crippen molar-refractivity contribution in [1.29, 1.82) is 0 Å². The highest BCUT2D eigenvalue weighted by Gasteiger charge is 2.41. The molecule has 1 heterocycles. The quantitative estimate of drug-likeness (QED) is 0.913. The van der Waals surface area contributed by atoms with Gasteiger partial charge < -0.3 is 10.1 Å². The van der Waals surface area contributed by atoms with Crippen LogP contribution < -0.4 is 5.32 Å². The lowest BCUT2D eigenvalue weighted by molar-refractivity contribution is 0.0538. The van der Waals surface area contributed by atoms with Crippen LogP contribution in [0.1, 0.15) is 37.3 Å². The van der Waals surface area contributed by atoms with Gasteiger partial charge in [-0.25, -0.2) is 0 Å². The molecule has 110 valence electrons. The molecule has 1 aliphatic heterocycles. The van der Waals surface area contributed by atoms with Gasteiger partial charge >= 0.3 is 0 Å². The summed E-state index contributed by atoms with van der Waals surface area (Å²) < 4.78 is 5.32. The number of methoxy groups -OCH3 is 1. The number of nitrogens with one attached hydrogen (secondary N) is 1. The van der Waals surface area contributed by atoms with Crippen LogP contribution in [0.15, 0.2) is 30.3 Å². The van der Waals surface area contributed by atoms with E-state index in [1.54, 1.807) is 7.11 Å². The molecule has 1 aromatic carbocycles. The molecule has 20 heavy (non-hydrogen) atoms. The van der Waals surface area contributed by atoms with Crippen molar-refractivity contribution in [3.63, 3.8) is 0 Å². The van der Waals surface area contributed by atoms with Crippen LogP contribution in [0.2, 0.25) is 0 Å². The summed E-state index contributed by atoms with van der Waals surface area (Å²) >= 11 is 0. The SMILES string of the molecule is COCCN1CC2(CCCC2)NCC1c1ccccc1. The molecule has 1 atom stereocenters. The highest BCUT2D eigenvalue weighted by Crippen LogP contribution is 2.36. The normalized spacial score (nSPS) is 26.1. The van der Waals surface area contributed by atoms with Crippen molar-refractivity contribution in [1.82, 2.24) is 10.2 Å². The van der Waals surface area contributed by atoms with E-state index in [0.29, 0.717) is 11.6 Å². The fourth-order valence-electron chi connectivity index (χ4n) is 3.83. The van der Waals surface area contributed by atoms with Crippen molar-refractivity contribution >= 4 is 0 Å². The molecule has 1 spiro atoms. The number of nitrogens with zero attached hydrogens (tertiary/aromatic N) is 1. The molecule has 2 fully saturated rings. The maximum absolute atomic E-state index is 5.32. The summed E-state index contributed by atoms with van der Waals surface area (Å²) in [5, 5.41) is 3.87. The van der Waals surface area contributed by atoms with E-state index in [0.717, 1.165) is 26.2 Å². The van der Waals surface area contributed by atoms with E-state index in [9.17, 15) is 0 Å². The predicted octanol–water partition coefficient (Wildman–Crippen LogP) is 2.59. The third kappa shape index (κ3) is 2.90. The maximum atomic E-state index is 5.32. The summed E-state index contributed by atoms with van der Waals surface area (Å²) in [6, 6.07) is 11.4. The van der Waals surface area contributed by atoms with Crippen LogP contribution in [0.5, 0.6) is 0 Å². The van der Waals surface area contributed by atoms with Gasteiger partial charge in [0.2, 0.25) is 0 Å². The number of hydrogen-bond acceptors (Lipinski definition) is 3. The van der Waals surface area contributed by atoms with Crippen LogP contribution in [0.25, 0.3) is 0 Å². The molecule has 1 saturated heterocycles. The Kier molecular flexibility index (Phi) is 4.39. The minimum Gasteiger partial charge on any atom is -0.383 e. The summed E-state index contributed by atoms with van der Waals surface area (Å²) in [7, 11) is 1.80. The number of benzene rings is 1. The predicted molar refractivity (Wildman–Crippen MR) is 81.8 cm³/mol. The van der Waals surface area contributed by atoms with Gasteiger partial charge in [-0.3, -0.25) is 4.90 Å². The van der Waals surface area contributed by atoms with E-state index < -0.39 is 0 Å². The third-order valence-corrected chi connectivity index (χ3v) is 4.94. The summed E-state index contributed by atoms with van der Waals surface area (Å²) in [4.78, 5) is 2.63. The van der Waals surface area contributed by atoms with Crippen molar-refractivity contribution in [3.05, 3.63) is 35.9 Å². The first-order valence-electron chi connectivity index (χ1n) is 7.86. The lowest BCUT2D eigenvalue weighted by Crippen LogP contribution is -2.60. The van der Waals surface area contributed by atoms with Crippen molar-refractivity contribution in [2.24, 2.45) is 0 Å². The highest BCUT2D eigenvalue weighted by molar-refractivity contribution is 5.21. The maximum Gasteiger partial charge on any atom is 0.0589 e. The Hall–Kier alpha value is -0.900. The standard InChI is InChI=1S/C17H26N2O/c1-20-12-11-19-14-17(9-5-6-10-17)18-13-16(19)15-7-3-2-4-8-15/h2-4,7-8,16,18H,5-6,9-14H2,1H3. The molecular formula is C17H26N2O. The fourth-order valence-corrected chi connectivity index (χ4v) is 3.83. The van der Waals surface area contributed by atoms with Gasteiger partial charge in [-0.1, -0.05) is 43.2 Å². The molecule has 1 saturated carbocycles. The second-order valence-electron chi connectivity index (χ2n) is 6.26. The number of ether oxygens (including phenoxy) is 1. The van der Waals surface area contributed by atoms with Gasteiger partial charge in [-0.2, -0.15) is 0 Å². The van der Waals surface area contributed by atoms with Gasteiger partial charge in [0.15, 0.2) is 0 Å². The first-order chi connectivity index (χ1) is 9.83. The Morgan fingerprint density at radius 1 is 1.25 bits per heavy atom. The minimum atomic E-state index is 0.374. The average molecular weight is 274 g/mol. The summed E-state index contributed by atoms with van der Waals surface area (Å²) in [6.07, 6.45) is 5.41. The molecule has 0 bridgehead atoms. The van der Waals surface area contributed by atoms with E-state index in [1.807, 2.05) is 0 Å². The second-order valence-corrected chi connectivity index (χ2v) is 6.26. The fraction of sp³-hybridized carbons (Fsp3) is 0.647. The van der Waals surface area contributed by atoms with E-state index >= 15 is 0 Å². The molecule has 0 radical (unpaired) electrons. The van der Waals surface area contributed by atoms with Gasteiger partial charge in [0.25, 0.3) is 0 Å². The van der Waals surface area contributed by atoms with Crippen LogP contribution >= 0.6 is 0 Å². The molecule has 0 amide bonds. The first-order valence-corrected chi connectivity index (χ1v) is 7.86. The zero-order chi connectivity index (χ0) is 13.8. The lowest BCUT2D eigenvalue weighted by Gasteiger charge is -2.46. The van der Waals surface area contributed by atoms with Gasteiger partial charge in [-0.15, -0.1) is 0 Å². The molecule has 1 N–H and O–H groups in total. The van der Waals surface area contributed by atoms with Crippen molar-refractivity contribution in [2.75, 3.05) is 33.4 Å². The smallest absolute Gasteiger partial charge is 0.0589 e. The Balaban J connectivity index is 1.76. The molecule has 2 aliphatic rings. The average Bonchev–Trinajstić information content (AvgIpc) is 2.94. The Bertz CT molecular complexity index is 414. The first kappa shape index (κ1) is 14.1. The lowest BCUT2D eigenvalue weighted by atomic mass is 9.90. The van der Waals surface area contributed by atoms with Crippen LogP contribution in [-0.4, -0.2) is 43.8 Å². The van der Waals surface area contributed by atoms with Gasteiger partial charge in [0, 0.05) is 38.3 Å². The van der Waals surface area contributed by atoms with Gasteiger partial charge in [0.05, 0.1) is 6.61 Å². The van der Waals surface area contributed by atoms with Crippen LogP contribution in [0.3, 0.4) is 0 Å². The summed E-state index contributed by atoms with van der Waals surface area (Å²) in [5.41, 5.74) is 1.79. The van der Waals surface area contributed by atoms with Gasteiger partial charge in [0.1, 0.15) is 0 Å². The number of piperazine rings is 1. The van der Waals surface area contributed by atoms with E-state index in [-0.39, 0.29) is 0 Å². The molecule has 3 rings (SSSR count). The number of hydrogen-bond donors (Lipinski definition) is 1. The second kappa shape index (κ2) is 6.25. The zero-order valence-corrected chi connectivity index (χ0v) is 12.5. The van der Waals surface area contributed by atoms with Crippen LogP contribution in [0.4, 0.5) is 0 Å². The molecule has 0 aromatic heterocycles. The Morgan fingerprint density at radius 3 is 2.70 bits per heavy atom. The molecule has 1 unspecified atom stereocenters. The molecule has 1 aliphatic carbocycles. The monoisotopic (exact) mass is 274 g/mol. The summed E-state index contributed by atoms with van der Waals surface area (Å²) in [5.74, 6) is 0. The Labute approximate surface area is 122 Å². The Morgan fingerprint density at radius 2 is 2.00 bits per heavy atom. The van der Waals surface area contributed by atoms with Crippen molar-refractivity contribution < 1.29 is 4.74 Å². The molecule has 1 aromatic rings. The molecule has 3 heteroatoms. The highest BCUT2D eigenvalue weighted by atomic mass is 16.5. The van der Waals surface area contributed by atoms with E-state index in [4.69, 9.17) is 4.74 Å². The van der Waals surface area contributed by atoms with Crippen LogP contribution in [-0.2, 0) is 4.74 Å². The molecule has 3 nitrogen and oxygen atoms in total. The zero-order valence-electron chi connectivity index (χ0n) is 12.5. The van der Waals surface area contributed by atoms with Crippen LogP contribution in [0, 0.1) is 0 Å². The number of rotatable bonds is 4. The van der Waals surface area contributed by atoms with Crippen molar-refractivity contribution in [3.8, 4) is 0 Å². The van der Waals surface area contributed by atoms with Crippen molar-refractivity contribution in [2.45, 2.75) is 37.3 Å². The minimum absolute atomic E-state index is 0.374. The van der Waals surface area contributed by atoms with Gasteiger partial charge in [-0.05, 0) is 18.4 Å². The topological polar surface area (TPSA) is 24.5 Å².